The Balaban J connectivity index is 2.00. The van der Waals surface area contributed by atoms with E-state index in [4.69, 9.17) is 10.5 Å². The van der Waals surface area contributed by atoms with E-state index in [1.165, 1.54) is 31.2 Å². The van der Waals surface area contributed by atoms with Crippen molar-refractivity contribution in [3.63, 3.8) is 0 Å². The summed E-state index contributed by atoms with van der Waals surface area (Å²) in [6.07, 6.45) is 6.35. The Labute approximate surface area is 104 Å². The highest BCUT2D eigenvalue weighted by Gasteiger charge is 2.20. The van der Waals surface area contributed by atoms with E-state index in [2.05, 4.69) is 26.0 Å². The molecule has 2 atom stereocenters. The third kappa shape index (κ3) is 3.15. The van der Waals surface area contributed by atoms with Gasteiger partial charge in [-0.3, -0.25) is 0 Å². The first-order valence-electron chi connectivity index (χ1n) is 6.74. The van der Waals surface area contributed by atoms with Gasteiger partial charge in [-0.2, -0.15) is 0 Å². The fourth-order valence-electron chi connectivity index (χ4n) is 2.65. The van der Waals surface area contributed by atoms with Gasteiger partial charge in [-0.1, -0.05) is 26.3 Å². The molecule has 0 saturated heterocycles. The fourth-order valence-corrected chi connectivity index (χ4v) is 2.65. The molecule has 0 aromatic heterocycles. The monoisotopic (exact) mass is 233 g/mol. The van der Waals surface area contributed by atoms with E-state index in [1.807, 2.05) is 6.07 Å². The average molecular weight is 233 g/mol. The van der Waals surface area contributed by atoms with Crippen LogP contribution in [0.2, 0.25) is 0 Å². The number of nitrogens with two attached hydrogens (primary N) is 1. The van der Waals surface area contributed by atoms with E-state index < -0.39 is 0 Å². The molecule has 1 aliphatic carbocycles. The molecule has 17 heavy (non-hydrogen) atoms. The van der Waals surface area contributed by atoms with E-state index in [0.717, 1.165) is 23.8 Å². The Morgan fingerprint density at radius 2 is 2.18 bits per heavy atom. The van der Waals surface area contributed by atoms with E-state index in [0.29, 0.717) is 6.10 Å². The zero-order valence-corrected chi connectivity index (χ0v) is 10.9. The maximum absolute atomic E-state index is 6.03. The number of rotatable bonds is 3. The SMILES string of the molecule is CCc1ccc(OC2CCCC(C)C2)cc1N. The second kappa shape index (κ2) is 5.44. The smallest absolute Gasteiger partial charge is 0.121 e. The van der Waals surface area contributed by atoms with Gasteiger partial charge in [0.2, 0.25) is 0 Å². The molecule has 1 saturated carbocycles. The molecular formula is C15H23NO. The average Bonchev–Trinajstić information content (AvgIpc) is 2.29. The summed E-state index contributed by atoms with van der Waals surface area (Å²) in [5.74, 6) is 1.72. The van der Waals surface area contributed by atoms with Crippen LogP contribution in [0.25, 0.3) is 0 Å². The summed E-state index contributed by atoms with van der Waals surface area (Å²) in [5, 5.41) is 0. The Morgan fingerprint density at radius 3 is 2.82 bits per heavy atom. The molecule has 0 bridgehead atoms. The van der Waals surface area contributed by atoms with Gasteiger partial charge in [-0.25, -0.2) is 0 Å². The van der Waals surface area contributed by atoms with Gasteiger partial charge in [0.25, 0.3) is 0 Å². The second-order valence-corrected chi connectivity index (χ2v) is 5.23. The topological polar surface area (TPSA) is 35.2 Å². The zero-order chi connectivity index (χ0) is 12.3. The second-order valence-electron chi connectivity index (χ2n) is 5.23. The highest BCUT2D eigenvalue weighted by Crippen LogP contribution is 2.28. The number of ether oxygens (including phenoxy) is 1. The van der Waals surface area contributed by atoms with Gasteiger partial charge in [0, 0.05) is 11.8 Å². The van der Waals surface area contributed by atoms with Crippen molar-refractivity contribution in [3.05, 3.63) is 23.8 Å². The van der Waals surface area contributed by atoms with Gasteiger partial charge in [-0.15, -0.1) is 0 Å². The lowest BCUT2D eigenvalue weighted by atomic mass is 9.89. The maximum Gasteiger partial charge on any atom is 0.121 e. The number of nitrogen functional groups attached to an aromatic ring is 1. The van der Waals surface area contributed by atoms with Crippen molar-refractivity contribution in [1.29, 1.82) is 0 Å². The highest BCUT2D eigenvalue weighted by molar-refractivity contribution is 5.51. The lowest BCUT2D eigenvalue weighted by Gasteiger charge is -2.27. The molecule has 94 valence electrons. The molecule has 1 fully saturated rings. The first-order chi connectivity index (χ1) is 8.19. The van der Waals surface area contributed by atoms with Crippen molar-refractivity contribution in [1.82, 2.24) is 0 Å². The van der Waals surface area contributed by atoms with Gasteiger partial charge in [0.05, 0.1) is 6.10 Å². The summed E-state index contributed by atoms with van der Waals surface area (Å²) in [5.41, 5.74) is 8.04. The molecule has 1 aromatic carbocycles. The molecule has 0 radical (unpaired) electrons. The van der Waals surface area contributed by atoms with Crippen LogP contribution >= 0.6 is 0 Å². The zero-order valence-electron chi connectivity index (χ0n) is 10.9. The first kappa shape index (κ1) is 12.3. The van der Waals surface area contributed by atoms with Crippen LogP contribution in [-0.4, -0.2) is 6.10 Å². The molecule has 0 heterocycles. The van der Waals surface area contributed by atoms with Gasteiger partial charge in [0.1, 0.15) is 5.75 Å². The first-order valence-corrected chi connectivity index (χ1v) is 6.74. The van der Waals surface area contributed by atoms with Crippen molar-refractivity contribution in [2.45, 2.75) is 52.1 Å². The van der Waals surface area contributed by atoms with Gasteiger partial charge < -0.3 is 10.5 Å². The number of aryl methyl sites for hydroxylation is 1. The summed E-state index contributed by atoms with van der Waals surface area (Å²) >= 11 is 0. The number of anilines is 1. The summed E-state index contributed by atoms with van der Waals surface area (Å²) < 4.78 is 6.03. The predicted octanol–water partition coefficient (Wildman–Crippen LogP) is 3.79. The van der Waals surface area contributed by atoms with Gasteiger partial charge in [-0.05, 0) is 43.2 Å². The molecule has 2 nitrogen and oxygen atoms in total. The quantitative estimate of drug-likeness (QED) is 0.806. The van der Waals surface area contributed by atoms with Crippen LogP contribution in [0.3, 0.4) is 0 Å². The molecule has 2 heteroatoms. The molecule has 1 aromatic rings. The molecule has 0 spiro atoms. The molecule has 2 rings (SSSR count). The highest BCUT2D eigenvalue weighted by atomic mass is 16.5. The minimum absolute atomic E-state index is 0.380. The molecular weight excluding hydrogens is 210 g/mol. The van der Waals surface area contributed by atoms with Crippen LogP contribution < -0.4 is 10.5 Å². The third-order valence-corrected chi connectivity index (χ3v) is 3.69. The molecule has 0 aliphatic heterocycles. The largest absolute Gasteiger partial charge is 0.490 e. The Kier molecular flexibility index (Phi) is 3.93. The minimum atomic E-state index is 0.380. The van der Waals surface area contributed by atoms with Crippen molar-refractivity contribution < 1.29 is 4.74 Å². The molecule has 2 N–H and O–H groups in total. The van der Waals surface area contributed by atoms with Crippen LogP contribution in [0.5, 0.6) is 5.75 Å². The predicted molar refractivity (Wildman–Crippen MR) is 72.3 cm³/mol. The summed E-state index contributed by atoms with van der Waals surface area (Å²) in [6, 6.07) is 6.10. The Morgan fingerprint density at radius 1 is 1.35 bits per heavy atom. The van der Waals surface area contributed by atoms with Crippen molar-refractivity contribution in [3.8, 4) is 5.75 Å². The summed E-state index contributed by atoms with van der Waals surface area (Å²) in [7, 11) is 0. The third-order valence-electron chi connectivity index (χ3n) is 3.69. The van der Waals surface area contributed by atoms with E-state index in [9.17, 15) is 0 Å². The number of benzene rings is 1. The molecule has 2 unspecified atom stereocenters. The lowest BCUT2D eigenvalue weighted by molar-refractivity contribution is 0.129. The van der Waals surface area contributed by atoms with E-state index in [-0.39, 0.29) is 0 Å². The standard InChI is InChI=1S/C15H23NO/c1-3-12-7-8-14(10-15(12)16)17-13-6-4-5-11(2)9-13/h7-8,10-11,13H,3-6,9,16H2,1-2H3. The normalized spacial score (nSPS) is 24.6. The lowest BCUT2D eigenvalue weighted by Crippen LogP contribution is -2.24. The van der Waals surface area contributed by atoms with Gasteiger partial charge in [0.15, 0.2) is 0 Å². The summed E-state index contributed by atoms with van der Waals surface area (Å²) in [6.45, 7) is 4.43. The van der Waals surface area contributed by atoms with Crippen molar-refractivity contribution in [2.75, 3.05) is 5.73 Å². The maximum atomic E-state index is 6.03. The minimum Gasteiger partial charge on any atom is -0.490 e. The molecule has 1 aliphatic rings. The fraction of sp³-hybridized carbons (Fsp3) is 0.600. The van der Waals surface area contributed by atoms with Crippen molar-refractivity contribution >= 4 is 5.69 Å². The van der Waals surface area contributed by atoms with Gasteiger partial charge >= 0.3 is 0 Å². The number of hydrogen-bond acceptors (Lipinski definition) is 2. The van der Waals surface area contributed by atoms with Crippen LogP contribution in [0, 0.1) is 5.92 Å². The van der Waals surface area contributed by atoms with Crippen molar-refractivity contribution in [2.24, 2.45) is 5.92 Å². The van der Waals surface area contributed by atoms with E-state index >= 15 is 0 Å². The Hall–Kier alpha value is -1.18. The molecule has 0 amide bonds. The van der Waals surface area contributed by atoms with Crippen LogP contribution in [0.15, 0.2) is 18.2 Å². The number of hydrogen-bond donors (Lipinski definition) is 1. The Bertz CT molecular complexity index is 375. The van der Waals surface area contributed by atoms with Crippen LogP contribution in [0.4, 0.5) is 5.69 Å². The van der Waals surface area contributed by atoms with E-state index in [1.54, 1.807) is 0 Å². The van der Waals surface area contributed by atoms with Crippen LogP contribution in [-0.2, 0) is 6.42 Å². The summed E-state index contributed by atoms with van der Waals surface area (Å²) in [4.78, 5) is 0. The van der Waals surface area contributed by atoms with Crippen LogP contribution in [0.1, 0.15) is 45.1 Å².